The summed E-state index contributed by atoms with van der Waals surface area (Å²) in [5, 5.41) is 13.9. The highest BCUT2D eigenvalue weighted by Gasteiger charge is 2.51. The van der Waals surface area contributed by atoms with Gasteiger partial charge in [0.1, 0.15) is 17.3 Å². The summed E-state index contributed by atoms with van der Waals surface area (Å²) in [4.78, 5) is 23.0. The minimum atomic E-state index is -0.466. The van der Waals surface area contributed by atoms with Gasteiger partial charge in [-0.05, 0) is 51.9 Å². The summed E-state index contributed by atoms with van der Waals surface area (Å²) >= 11 is 0. The zero-order valence-electron chi connectivity index (χ0n) is 15.6. The van der Waals surface area contributed by atoms with Gasteiger partial charge in [-0.3, -0.25) is 9.13 Å². The molecule has 1 unspecified atom stereocenters. The Morgan fingerprint density at radius 1 is 1.19 bits per heavy atom. The summed E-state index contributed by atoms with van der Waals surface area (Å²) in [7, 11) is 0. The van der Waals surface area contributed by atoms with Gasteiger partial charge in [0, 0.05) is 18.5 Å². The van der Waals surface area contributed by atoms with Crippen LogP contribution in [0.15, 0.2) is 4.79 Å². The molecule has 0 aromatic heterocycles. The first-order valence-electron chi connectivity index (χ1n) is 9.96. The molecular formula is C19H27N5O2. The number of hydrogen-bond acceptors (Lipinski definition) is 5. The topological polar surface area (TPSA) is 85.0 Å². The van der Waals surface area contributed by atoms with Crippen molar-refractivity contribution in [2.45, 2.75) is 82.4 Å². The van der Waals surface area contributed by atoms with Crippen LogP contribution in [0.2, 0.25) is 0 Å². The number of anilines is 1. The summed E-state index contributed by atoms with van der Waals surface area (Å²) in [5.41, 5.74) is 0.348. The van der Waals surface area contributed by atoms with Crippen molar-refractivity contribution in [2.75, 3.05) is 11.9 Å². The van der Waals surface area contributed by atoms with Gasteiger partial charge in [-0.2, -0.15) is 0 Å². The van der Waals surface area contributed by atoms with E-state index in [0.29, 0.717) is 6.54 Å². The Kier molecular flexibility index (Phi) is 3.33. The average Bonchev–Trinajstić information content (AvgIpc) is 3.24. The third-order valence-electron chi connectivity index (χ3n) is 6.93. The molecule has 2 bridgehead atoms. The number of nitrogens with zero attached hydrogens (tertiary/aromatic N) is 4. The number of aromatic nitrogens is 4. The van der Waals surface area contributed by atoms with E-state index in [-0.39, 0.29) is 17.1 Å². The molecule has 3 fully saturated rings. The average molecular weight is 357 g/mol. The third kappa shape index (κ3) is 2.06. The van der Waals surface area contributed by atoms with Crippen molar-refractivity contribution in [3.8, 4) is 11.5 Å². The fraction of sp³-hybridized carbons (Fsp3) is 0.737. The van der Waals surface area contributed by atoms with E-state index in [1.807, 2.05) is 4.57 Å². The van der Waals surface area contributed by atoms with E-state index < -0.39 is 5.60 Å². The second-order valence-corrected chi connectivity index (χ2v) is 8.61. The lowest BCUT2D eigenvalue weighted by molar-refractivity contribution is -0.0677. The number of rotatable bonds is 3. The SMILES string of the molecule is CCCn1c2nc(C34CCC(O)(CC3)CC4)nc-2c2n(c1=O)C(C)CN2. The molecule has 140 valence electrons. The van der Waals surface area contributed by atoms with E-state index in [0.717, 1.165) is 74.7 Å². The van der Waals surface area contributed by atoms with E-state index in [9.17, 15) is 9.90 Å². The van der Waals surface area contributed by atoms with Gasteiger partial charge in [0.2, 0.25) is 0 Å². The second-order valence-electron chi connectivity index (χ2n) is 8.61. The third-order valence-corrected chi connectivity index (χ3v) is 6.93. The fourth-order valence-corrected chi connectivity index (χ4v) is 5.19. The fourth-order valence-electron chi connectivity index (χ4n) is 5.19. The van der Waals surface area contributed by atoms with Crippen molar-refractivity contribution in [3.05, 3.63) is 16.3 Å². The van der Waals surface area contributed by atoms with Crippen LogP contribution in [0.5, 0.6) is 0 Å². The van der Waals surface area contributed by atoms with Gasteiger partial charge in [-0.15, -0.1) is 0 Å². The van der Waals surface area contributed by atoms with Crippen molar-refractivity contribution in [1.29, 1.82) is 0 Å². The Morgan fingerprint density at radius 2 is 1.88 bits per heavy atom. The van der Waals surface area contributed by atoms with Crippen LogP contribution in [0.4, 0.5) is 5.82 Å². The maximum absolute atomic E-state index is 13.0. The molecular weight excluding hydrogens is 330 g/mol. The smallest absolute Gasteiger partial charge is 0.331 e. The first-order chi connectivity index (χ1) is 12.5. The number of hydrogen-bond donors (Lipinski definition) is 2. The van der Waals surface area contributed by atoms with Crippen molar-refractivity contribution in [1.82, 2.24) is 19.1 Å². The molecule has 6 aliphatic rings. The maximum Gasteiger partial charge on any atom is 0.331 e. The van der Waals surface area contributed by atoms with E-state index >= 15 is 0 Å². The van der Waals surface area contributed by atoms with E-state index in [1.165, 1.54) is 0 Å². The van der Waals surface area contributed by atoms with Crippen LogP contribution in [0.1, 0.15) is 70.7 Å². The van der Waals surface area contributed by atoms with Crippen LogP contribution in [0, 0.1) is 0 Å². The van der Waals surface area contributed by atoms with Gasteiger partial charge in [0.05, 0.1) is 11.6 Å². The molecule has 3 saturated carbocycles. The summed E-state index contributed by atoms with van der Waals surface area (Å²) in [6.45, 7) is 5.55. The molecule has 1 atom stereocenters. The molecule has 2 N–H and O–H groups in total. The van der Waals surface area contributed by atoms with Gasteiger partial charge in [-0.25, -0.2) is 14.8 Å². The Bertz CT molecular complexity index is 874. The molecule has 0 aromatic carbocycles. The Hall–Kier alpha value is -1.89. The highest BCUT2D eigenvalue weighted by molar-refractivity contribution is 5.70. The monoisotopic (exact) mass is 357 g/mol. The highest BCUT2D eigenvalue weighted by Crippen LogP contribution is 2.53. The summed E-state index contributed by atoms with van der Waals surface area (Å²) in [6.07, 6.45) is 6.22. The van der Waals surface area contributed by atoms with Gasteiger partial charge < -0.3 is 10.4 Å². The standard InChI is InChI=1S/C19H27N5O2/c1-3-10-23-15-13(14-20-11-12(2)24(14)17(23)25)21-16(22-15)18-4-7-19(26,8-5-18)9-6-18/h12,20,26H,3-11H2,1-2H3. The first-order valence-corrected chi connectivity index (χ1v) is 9.96. The molecule has 3 aliphatic heterocycles. The molecule has 3 aliphatic carbocycles. The van der Waals surface area contributed by atoms with E-state index in [4.69, 9.17) is 9.97 Å². The van der Waals surface area contributed by atoms with Gasteiger partial charge in [-0.1, -0.05) is 6.92 Å². The molecule has 0 saturated heterocycles. The van der Waals surface area contributed by atoms with Crippen molar-refractivity contribution >= 4 is 5.82 Å². The zero-order chi connectivity index (χ0) is 18.1. The maximum atomic E-state index is 13.0. The Balaban J connectivity index is 1.70. The van der Waals surface area contributed by atoms with Crippen LogP contribution >= 0.6 is 0 Å². The Labute approximate surface area is 152 Å². The second kappa shape index (κ2) is 5.31. The minimum Gasteiger partial charge on any atom is -0.390 e. The number of aliphatic hydroxyl groups is 1. The van der Waals surface area contributed by atoms with Crippen LogP contribution in [-0.2, 0) is 12.0 Å². The Morgan fingerprint density at radius 3 is 2.54 bits per heavy atom. The molecule has 6 rings (SSSR count). The lowest BCUT2D eigenvalue weighted by Gasteiger charge is -2.49. The van der Waals surface area contributed by atoms with E-state index in [2.05, 4.69) is 19.2 Å². The summed E-state index contributed by atoms with van der Waals surface area (Å²) in [5.74, 6) is 2.43. The van der Waals surface area contributed by atoms with Crippen LogP contribution < -0.4 is 11.0 Å². The summed E-state index contributed by atoms with van der Waals surface area (Å²) in [6, 6.07) is 0.127. The van der Waals surface area contributed by atoms with Crippen LogP contribution in [-0.4, -0.2) is 36.4 Å². The minimum absolute atomic E-state index is 0.0115. The van der Waals surface area contributed by atoms with Gasteiger partial charge >= 0.3 is 5.69 Å². The number of imidazole rings is 1. The molecule has 26 heavy (non-hydrogen) atoms. The zero-order valence-corrected chi connectivity index (χ0v) is 15.6. The van der Waals surface area contributed by atoms with Crippen molar-refractivity contribution in [2.24, 2.45) is 0 Å². The number of nitrogens with one attached hydrogen (secondary N) is 1. The van der Waals surface area contributed by atoms with Crippen LogP contribution in [0.25, 0.3) is 11.5 Å². The lowest BCUT2D eigenvalue weighted by Crippen LogP contribution is -2.48. The van der Waals surface area contributed by atoms with Crippen LogP contribution in [0.3, 0.4) is 0 Å². The number of fused-ring (bicyclic) bond motifs is 6. The molecule has 0 spiro atoms. The van der Waals surface area contributed by atoms with Gasteiger partial charge in [0.15, 0.2) is 5.82 Å². The van der Waals surface area contributed by atoms with Gasteiger partial charge in [0.25, 0.3) is 0 Å². The first kappa shape index (κ1) is 16.3. The summed E-state index contributed by atoms with van der Waals surface area (Å²) < 4.78 is 3.64. The largest absolute Gasteiger partial charge is 0.390 e. The van der Waals surface area contributed by atoms with Crippen molar-refractivity contribution < 1.29 is 5.11 Å². The van der Waals surface area contributed by atoms with E-state index in [1.54, 1.807) is 4.57 Å². The molecule has 0 amide bonds. The lowest BCUT2D eigenvalue weighted by atomic mass is 9.58. The molecule has 0 radical (unpaired) electrons. The quantitative estimate of drug-likeness (QED) is 0.880. The molecule has 0 aromatic rings. The molecule has 7 nitrogen and oxygen atoms in total. The van der Waals surface area contributed by atoms with Crippen molar-refractivity contribution in [3.63, 3.8) is 0 Å². The predicted molar refractivity (Wildman–Crippen MR) is 98.7 cm³/mol. The molecule has 3 heterocycles. The normalized spacial score (nSPS) is 32.8. The predicted octanol–water partition coefficient (Wildman–Crippen LogP) is 2.28. The highest BCUT2D eigenvalue weighted by atomic mass is 16.3. The molecule has 7 heteroatoms.